The van der Waals surface area contributed by atoms with Gasteiger partial charge in [-0.2, -0.15) is 0 Å². The predicted octanol–water partition coefficient (Wildman–Crippen LogP) is 6.44. The lowest BCUT2D eigenvalue weighted by Crippen LogP contribution is -2.00. The van der Waals surface area contributed by atoms with E-state index in [1.807, 2.05) is 0 Å². The molecule has 0 radical (unpaired) electrons. The minimum Gasteiger partial charge on any atom is -0.352 e. The fraction of sp³-hybridized carbons (Fsp3) is 0.176. The second-order valence-electron chi connectivity index (χ2n) is 4.99. The monoisotopic (exact) mass is 418 g/mol. The Morgan fingerprint density at radius 1 is 0.720 bits per heavy atom. The third kappa shape index (κ3) is 5.79. The molecule has 8 heteroatoms. The molecule has 0 spiro atoms. The SMILES string of the molecule is C/C(=N/OCO/N=C(/C)c1ccc(Cl)c(Cl)c1)c1ccc(Cl)c(Cl)c1. The fourth-order valence-corrected chi connectivity index (χ4v) is 2.41. The quantitative estimate of drug-likeness (QED) is 0.234. The smallest absolute Gasteiger partial charge is 0.280 e. The zero-order chi connectivity index (χ0) is 18.4. The van der Waals surface area contributed by atoms with Crippen LogP contribution >= 0.6 is 46.4 Å². The summed E-state index contributed by atoms with van der Waals surface area (Å²) in [6.07, 6.45) is 0. The van der Waals surface area contributed by atoms with Gasteiger partial charge in [-0.05, 0) is 38.1 Å². The van der Waals surface area contributed by atoms with Crippen LogP contribution < -0.4 is 0 Å². The summed E-state index contributed by atoms with van der Waals surface area (Å²) >= 11 is 23.7. The minimum absolute atomic E-state index is 0.142. The summed E-state index contributed by atoms with van der Waals surface area (Å²) < 4.78 is 0. The topological polar surface area (TPSA) is 43.2 Å². The molecule has 0 atom stereocenters. The first-order chi connectivity index (χ1) is 11.9. The highest BCUT2D eigenvalue weighted by Gasteiger charge is 2.04. The van der Waals surface area contributed by atoms with Gasteiger partial charge in [0, 0.05) is 11.1 Å². The van der Waals surface area contributed by atoms with Crippen molar-refractivity contribution in [2.24, 2.45) is 10.3 Å². The zero-order valence-electron chi connectivity index (χ0n) is 13.4. The predicted molar refractivity (Wildman–Crippen MR) is 104 cm³/mol. The molecule has 0 bridgehead atoms. The molecule has 0 amide bonds. The zero-order valence-corrected chi connectivity index (χ0v) is 16.4. The molecule has 0 aromatic heterocycles. The van der Waals surface area contributed by atoms with Crippen molar-refractivity contribution in [1.82, 2.24) is 0 Å². The van der Waals surface area contributed by atoms with Gasteiger partial charge in [-0.3, -0.25) is 0 Å². The van der Waals surface area contributed by atoms with E-state index in [0.717, 1.165) is 11.1 Å². The Labute approximate surface area is 165 Å². The maximum atomic E-state index is 5.97. The van der Waals surface area contributed by atoms with Crippen molar-refractivity contribution in [2.75, 3.05) is 6.79 Å². The first kappa shape index (κ1) is 19.9. The summed E-state index contributed by atoms with van der Waals surface area (Å²) in [5.74, 6) is 0. The van der Waals surface area contributed by atoms with E-state index in [-0.39, 0.29) is 6.79 Å². The summed E-state index contributed by atoms with van der Waals surface area (Å²) in [6.45, 7) is 3.42. The lowest BCUT2D eigenvalue weighted by atomic mass is 10.1. The van der Waals surface area contributed by atoms with E-state index in [1.165, 1.54) is 0 Å². The van der Waals surface area contributed by atoms with Crippen LogP contribution in [0.2, 0.25) is 20.1 Å². The third-order valence-corrected chi connectivity index (χ3v) is 4.66. The number of hydrogen-bond acceptors (Lipinski definition) is 4. The summed E-state index contributed by atoms with van der Waals surface area (Å²) in [7, 11) is 0. The number of halogens is 4. The molecule has 0 N–H and O–H groups in total. The van der Waals surface area contributed by atoms with E-state index in [9.17, 15) is 0 Å². The molecule has 2 aromatic rings. The molecule has 4 nitrogen and oxygen atoms in total. The van der Waals surface area contributed by atoms with Crippen molar-refractivity contribution >= 4 is 57.8 Å². The molecule has 0 unspecified atom stereocenters. The molecule has 2 aromatic carbocycles. The second-order valence-corrected chi connectivity index (χ2v) is 6.62. The van der Waals surface area contributed by atoms with E-state index in [1.54, 1.807) is 50.2 Å². The number of benzene rings is 2. The van der Waals surface area contributed by atoms with E-state index in [4.69, 9.17) is 56.1 Å². The molecule has 2 rings (SSSR count). The van der Waals surface area contributed by atoms with Gasteiger partial charge in [0.05, 0.1) is 31.5 Å². The summed E-state index contributed by atoms with van der Waals surface area (Å²) in [6, 6.07) is 10.4. The molecule has 0 heterocycles. The maximum absolute atomic E-state index is 5.97. The van der Waals surface area contributed by atoms with Crippen LogP contribution in [0.5, 0.6) is 0 Å². The standard InChI is InChI=1S/C17H14Cl4N2O2/c1-10(12-3-5-14(18)16(20)7-12)22-24-9-25-23-11(2)13-4-6-15(19)17(21)8-13/h3-8H,9H2,1-2H3/b22-10-,23-11-. The molecule has 0 aliphatic heterocycles. The highest BCUT2D eigenvalue weighted by Crippen LogP contribution is 2.23. The molecule has 0 saturated heterocycles. The highest BCUT2D eigenvalue weighted by molar-refractivity contribution is 6.42. The Morgan fingerprint density at radius 2 is 1.12 bits per heavy atom. The van der Waals surface area contributed by atoms with E-state index < -0.39 is 0 Å². The average molecular weight is 420 g/mol. The Hall–Kier alpha value is -1.46. The Kier molecular flexibility index (Phi) is 7.38. The lowest BCUT2D eigenvalue weighted by molar-refractivity contribution is -0.0505. The third-order valence-electron chi connectivity index (χ3n) is 3.18. The highest BCUT2D eigenvalue weighted by atomic mass is 35.5. The first-order valence-corrected chi connectivity index (χ1v) is 8.63. The average Bonchev–Trinajstić information content (AvgIpc) is 2.59. The van der Waals surface area contributed by atoms with E-state index in [2.05, 4.69) is 10.3 Å². The fourth-order valence-electron chi connectivity index (χ4n) is 1.82. The van der Waals surface area contributed by atoms with Gasteiger partial charge < -0.3 is 9.68 Å². The van der Waals surface area contributed by atoms with Crippen molar-refractivity contribution in [1.29, 1.82) is 0 Å². The molecular weight excluding hydrogens is 406 g/mol. The van der Waals surface area contributed by atoms with Gasteiger partial charge in [-0.1, -0.05) is 68.8 Å². The summed E-state index contributed by atoms with van der Waals surface area (Å²) in [4.78, 5) is 10.2. The number of nitrogens with zero attached hydrogens (tertiary/aromatic N) is 2. The van der Waals surface area contributed by atoms with Crippen LogP contribution in [0.1, 0.15) is 25.0 Å². The van der Waals surface area contributed by atoms with Crippen LogP contribution in [-0.2, 0) is 9.68 Å². The van der Waals surface area contributed by atoms with Gasteiger partial charge >= 0.3 is 0 Å². The number of hydrogen-bond donors (Lipinski definition) is 0. The molecule has 132 valence electrons. The van der Waals surface area contributed by atoms with Gasteiger partial charge in [-0.25, -0.2) is 0 Å². The number of oxime groups is 2. The summed E-state index contributed by atoms with van der Waals surface area (Å²) in [5, 5.41) is 9.75. The summed E-state index contributed by atoms with van der Waals surface area (Å²) in [5.41, 5.74) is 2.86. The van der Waals surface area contributed by atoms with Gasteiger partial charge in [-0.15, -0.1) is 0 Å². The first-order valence-electron chi connectivity index (χ1n) is 7.12. The normalized spacial score (nSPS) is 12.2. The molecule has 0 aliphatic rings. The van der Waals surface area contributed by atoms with Crippen molar-refractivity contribution in [3.8, 4) is 0 Å². The van der Waals surface area contributed by atoms with E-state index >= 15 is 0 Å². The van der Waals surface area contributed by atoms with Gasteiger partial charge in [0.15, 0.2) is 0 Å². The van der Waals surface area contributed by atoms with Crippen LogP contribution in [0, 0.1) is 0 Å². The second kappa shape index (κ2) is 9.30. The van der Waals surface area contributed by atoms with Crippen molar-refractivity contribution in [3.05, 3.63) is 67.6 Å². The van der Waals surface area contributed by atoms with Crippen LogP contribution in [0.3, 0.4) is 0 Å². The van der Waals surface area contributed by atoms with Crippen molar-refractivity contribution < 1.29 is 9.68 Å². The molecule has 0 saturated carbocycles. The van der Waals surface area contributed by atoms with Crippen LogP contribution in [-0.4, -0.2) is 18.2 Å². The molecular formula is C17H14Cl4N2O2. The van der Waals surface area contributed by atoms with E-state index in [0.29, 0.717) is 31.5 Å². The Morgan fingerprint density at radius 3 is 1.48 bits per heavy atom. The Balaban J connectivity index is 1.89. The van der Waals surface area contributed by atoms with Crippen molar-refractivity contribution in [2.45, 2.75) is 13.8 Å². The Bertz CT molecular complexity index is 755. The van der Waals surface area contributed by atoms with Gasteiger partial charge in [0.2, 0.25) is 0 Å². The molecule has 0 aliphatic carbocycles. The molecule has 25 heavy (non-hydrogen) atoms. The van der Waals surface area contributed by atoms with Gasteiger partial charge in [0.25, 0.3) is 6.79 Å². The van der Waals surface area contributed by atoms with Crippen LogP contribution in [0.15, 0.2) is 46.7 Å². The largest absolute Gasteiger partial charge is 0.352 e. The van der Waals surface area contributed by atoms with Gasteiger partial charge in [0.1, 0.15) is 0 Å². The van der Waals surface area contributed by atoms with Crippen LogP contribution in [0.4, 0.5) is 0 Å². The maximum Gasteiger partial charge on any atom is 0.280 e. The number of rotatable bonds is 6. The lowest BCUT2D eigenvalue weighted by Gasteiger charge is -2.05. The minimum atomic E-state index is -0.142. The van der Waals surface area contributed by atoms with Crippen molar-refractivity contribution in [3.63, 3.8) is 0 Å². The molecule has 0 fully saturated rings. The van der Waals surface area contributed by atoms with Crippen LogP contribution in [0.25, 0.3) is 0 Å².